The fraction of sp³-hybridized carbons (Fsp3) is 0.0714. The summed E-state index contributed by atoms with van der Waals surface area (Å²) in [5.41, 5.74) is 5.87. The van der Waals surface area contributed by atoms with Crippen molar-refractivity contribution in [1.82, 2.24) is 4.98 Å². The number of nitrogens with one attached hydrogen (secondary N) is 1. The van der Waals surface area contributed by atoms with E-state index < -0.39 is 17.5 Å². The van der Waals surface area contributed by atoms with E-state index in [0.29, 0.717) is 5.56 Å². The maximum Gasteiger partial charge on any atom is 0.274 e. The molecule has 1 aromatic carbocycles. The summed E-state index contributed by atoms with van der Waals surface area (Å²) in [6, 6.07) is 4.85. The number of hydrogen-bond acceptors (Lipinski definition) is 3. The van der Waals surface area contributed by atoms with Crippen LogP contribution in [0.3, 0.4) is 0 Å². The number of aryl methyl sites for hydroxylation is 1. The van der Waals surface area contributed by atoms with Crippen molar-refractivity contribution in [3.63, 3.8) is 0 Å². The molecular weight excluding hydrogens is 296 g/mol. The number of amides is 1. The number of pyridine rings is 1. The number of nitrogens with zero attached hydrogens (tertiary/aromatic N) is 1. The van der Waals surface area contributed by atoms with Crippen molar-refractivity contribution >= 4 is 28.8 Å². The van der Waals surface area contributed by atoms with Gasteiger partial charge >= 0.3 is 0 Å². The molecule has 0 saturated carbocycles. The first-order valence-electron chi connectivity index (χ1n) is 5.91. The third-order valence-electron chi connectivity index (χ3n) is 2.78. The average molecular weight is 307 g/mol. The molecule has 108 valence electrons. The van der Waals surface area contributed by atoms with Crippen LogP contribution in [-0.2, 0) is 0 Å². The Balaban J connectivity index is 2.22. The molecule has 0 fully saturated rings. The maximum absolute atomic E-state index is 13.6. The molecule has 2 rings (SSSR count). The largest absolute Gasteiger partial charge is 0.389 e. The lowest BCUT2D eigenvalue weighted by atomic mass is 10.2. The second kappa shape index (κ2) is 5.92. The second-order valence-electron chi connectivity index (χ2n) is 4.33. The van der Waals surface area contributed by atoms with E-state index in [4.69, 9.17) is 18.0 Å². The third-order valence-corrected chi connectivity index (χ3v) is 3.01. The van der Waals surface area contributed by atoms with Crippen LogP contribution in [0.4, 0.5) is 14.5 Å². The normalized spacial score (nSPS) is 10.2. The van der Waals surface area contributed by atoms with Crippen LogP contribution in [0.1, 0.15) is 21.6 Å². The highest BCUT2D eigenvalue weighted by molar-refractivity contribution is 7.80. The van der Waals surface area contributed by atoms with Gasteiger partial charge in [-0.3, -0.25) is 9.78 Å². The van der Waals surface area contributed by atoms with Crippen LogP contribution < -0.4 is 11.1 Å². The summed E-state index contributed by atoms with van der Waals surface area (Å²) in [7, 11) is 0. The summed E-state index contributed by atoms with van der Waals surface area (Å²) in [6.45, 7) is 1.43. The molecule has 0 aliphatic carbocycles. The fourth-order valence-corrected chi connectivity index (χ4v) is 1.72. The summed E-state index contributed by atoms with van der Waals surface area (Å²) >= 11 is 4.77. The summed E-state index contributed by atoms with van der Waals surface area (Å²) in [5.74, 6) is -1.99. The molecule has 21 heavy (non-hydrogen) atoms. The minimum atomic E-state index is -0.720. The Morgan fingerprint density at radius 3 is 2.57 bits per heavy atom. The van der Waals surface area contributed by atoms with Gasteiger partial charge in [-0.25, -0.2) is 8.78 Å². The molecule has 2 aromatic rings. The molecule has 0 saturated heterocycles. The van der Waals surface area contributed by atoms with Gasteiger partial charge in [0.1, 0.15) is 22.3 Å². The minimum absolute atomic E-state index is 0.0374. The van der Waals surface area contributed by atoms with E-state index in [1.807, 2.05) is 0 Å². The van der Waals surface area contributed by atoms with E-state index in [1.165, 1.54) is 25.3 Å². The Morgan fingerprint density at radius 2 is 2.00 bits per heavy atom. The van der Waals surface area contributed by atoms with E-state index >= 15 is 0 Å². The van der Waals surface area contributed by atoms with Gasteiger partial charge in [0.15, 0.2) is 0 Å². The first kappa shape index (κ1) is 15.0. The Hall–Kier alpha value is -2.41. The lowest BCUT2D eigenvalue weighted by molar-refractivity contribution is 0.102. The number of thiocarbonyl (C=S) groups is 1. The lowest BCUT2D eigenvalue weighted by Crippen LogP contribution is -2.16. The number of hydrogen-bond donors (Lipinski definition) is 2. The van der Waals surface area contributed by atoms with E-state index in [-0.39, 0.29) is 21.9 Å². The Morgan fingerprint density at radius 1 is 1.29 bits per heavy atom. The highest BCUT2D eigenvalue weighted by Crippen LogP contribution is 2.19. The topological polar surface area (TPSA) is 68.0 Å². The van der Waals surface area contributed by atoms with Gasteiger partial charge < -0.3 is 11.1 Å². The van der Waals surface area contributed by atoms with E-state index in [2.05, 4.69) is 10.3 Å². The van der Waals surface area contributed by atoms with Crippen LogP contribution in [0.2, 0.25) is 0 Å². The predicted molar refractivity (Wildman–Crippen MR) is 79.2 cm³/mol. The van der Waals surface area contributed by atoms with Crippen molar-refractivity contribution in [2.45, 2.75) is 6.92 Å². The van der Waals surface area contributed by atoms with Gasteiger partial charge in [0.05, 0.1) is 5.69 Å². The first-order valence-corrected chi connectivity index (χ1v) is 6.32. The van der Waals surface area contributed by atoms with Crippen molar-refractivity contribution in [3.05, 3.63) is 58.9 Å². The summed E-state index contributed by atoms with van der Waals surface area (Å²) in [4.78, 5) is 15.9. The Bertz CT molecular complexity index is 717. The standard InChI is InChI=1S/C14H11F2N3OS/c1-7-4-10(16)12(5-9(7)15)19-14(20)11-3-2-8(6-18-11)13(17)21/h2-6H,1H3,(H2,17,21)(H,19,20). The van der Waals surface area contributed by atoms with Crippen molar-refractivity contribution < 1.29 is 13.6 Å². The van der Waals surface area contributed by atoms with E-state index in [9.17, 15) is 13.6 Å². The molecule has 3 N–H and O–H groups in total. The zero-order chi connectivity index (χ0) is 15.6. The van der Waals surface area contributed by atoms with Crippen LogP contribution >= 0.6 is 12.2 Å². The number of benzene rings is 1. The van der Waals surface area contributed by atoms with Crippen molar-refractivity contribution in [3.8, 4) is 0 Å². The zero-order valence-corrected chi connectivity index (χ0v) is 11.8. The highest BCUT2D eigenvalue weighted by Gasteiger charge is 2.13. The highest BCUT2D eigenvalue weighted by atomic mass is 32.1. The second-order valence-corrected chi connectivity index (χ2v) is 4.77. The number of carbonyl (C=O) groups is 1. The zero-order valence-electron chi connectivity index (χ0n) is 11.0. The Labute approximate surface area is 125 Å². The summed E-state index contributed by atoms with van der Waals surface area (Å²) in [6.07, 6.45) is 1.34. The van der Waals surface area contributed by atoms with Crippen molar-refractivity contribution in [1.29, 1.82) is 0 Å². The van der Waals surface area contributed by atoms with Crippen molar-refractivity contribution in [2.24, 2.45) is 5.73 Å². The van der Waals surface area contributed by atoms with Crippen LogP contribution in [0.25, 0.3) is 0 Å². The van der Waals surface area contributed by atoms with E-state index in [1.54, 1.807) is 0 Å². The number of rotatable bonds is 3. The molecule has 1 heterocycles. The molecule has 0 aliphatic rings. The monoisotopic (exact) mass is 307 g/mol. The quantitative estimate of drug-likeness (QED) is 0.855. The molecule has 0 unspecified atom stereocenters. The van der Waals surface area contributed by atoms with Gasteiger partial charge in [-0.1, -0.05) is 12.2 Å². The Kier molecular flexibility index (Phi) is 4.23. The number of carbonyl (C=O) groups excluding carboxylic acids is 1. The number of nitrogens with two attached hydrogens (primary N) is 1. The third kappa shape index (κ3) is 3.38. The molecule has 1 amide bonds. The minimum Gasteiger partial charge on any atom is -0.389 e. The van der Waals surface area contributed by atoms with Crippen LogP contribution in [0.15, 0.2) is 30.5 Å². The van der Waals surface area contributed by atoms with Crippen LogP contribution in [-0.4, -0.2) is 15.9 Å². The van der Waals surface area contributed by atoms with Gasteiger partial charge in [-0.2, -0.15) is 0 Å². The molecule has 0 atom stereocenters. The number of halogens is 2. The van der Waals surface area contributed by atoms with E-state index in [0.717, 1.165) is 12.1 Å². The molecule has 0 radical (unpaired) electrons. The van der Waals surface area contributed by atoms with Gasteiger partial charge in [0.25, 0.3) is 5.91 Å². The van der Waals surface area contributed by atoms with Crippen LogP contribution in [0, 0.1) is 18.6 Å². The summed E-state index contributed by atoms with van der Waals surface area (Å²) < 4.78 is 27.0. The molecule has 4 nitrogen and oxygen atoms in total. The molecule has 1 aromatic heterocycles. The lowest BCUT2D eigenvalue weighted by Gasteiger charge is -2.08. The van der Waals surface area contributed by atoms with Gasteiger partial charge in [0, 0.05) is 17.8 Å². The fourth-order valence-electron chi connectivity index (χ4n) is 1.60. The smallest absolute Gasteiger partial charge is 0.274 e. The average Bonchev–Trinajstić information content (AvgIpc) is 2.44. The van der Waals surface area contributed by atoms with Crippen molar-refractivity contribution in [2.75, 3.05) is 5.32 Å². The first-order chi connectivity index (χ1) is 9.88. The van der Waals surface area contributed by atoms with Gasteiger partial charge in [0.2, 0.25) is 0 Å². The molecule has 7 heteroatoms. The molecular formula is C14H11F2N3OS. The van der Waals surface area contributed by atoms with Crippen LogP contribution in [0.5, 0.6) is 0 Å². The number of anilines is 1. The maximum atomic E-state index is 13.6. The molecule has 0 spiro atoms. The van der Waals surface area contributed by atoms with Gasteiger partial charge in [-0.15, -0.1) is 0 Å². The molecule has 0 bridgehead atoms. The van der Waals surface area contributed by atoms with Gasteiger partial charge in [-0.05, 0) is 30.7 Å². The predicted octanol–water partition coefficient (Wildman–Crippen LogP) is 2.55. The molecule has 0 aliphatic heterocycles. The number of aromatic nitrogens is 1. The SMILES string of the molecule is Cc1cc(F)c(NC(=O)c2ccc(C(N)=S)cn2)cc1F. The summed E-state index contributed by atoms with van der Waals surface area (Å²) in [5, 5.41) is 2.26.